The molecule has 0 bridgehead atoms. The number of non-ortho nitro benzene ring substituents is 1. The van der Waals surface area contributed by atoms with Gasteiger partial charge in [-0.2, -0.15) is 0 Å². The molecule has 0 saturated carbocycles. The van der Waals surface area contributed by atoms with Crippen LogP contribution in [0.2, 0.25) is 0 Å². The molecule has 0 amide bonds. The van der Waals surface area contributed by atoms with Crippen molar-refractivity contribution in [1.29, 1.82) is 0 Å². The largest absolute Gasteiger partial charge is 0.392 e. The molecule has 0 aliphatic heterocycles. The lowest BCUT2D eigenvalue weighted by molar-refractivity contribution is -0.384. The smallest absolute Gasteiger partial charge is 0.269 e. The van der Waals surface area contributed by atoms with Crippen molar-refractivity contribution in [1.82, 2.24) is 5.32 Å². The van der Waals surface area contributed by atoms with Crippen molar-refractivity contribution in [2.45, 2.75) is 19.4 Å². The Labute approximate surface area is 94.3 Å². The number of nitrogens with zero attached hydrogens (tertiary/aromatic N) is 1. The second-order valence-corrected chi connectivity index (χ2v) is 3.73. The molecule has 0 aromatic heterocycles. The predicted octanol–water partition coefficient (Wildman–Crippen LogP) is 1.11. The van der Waals surface area contributed by atoms with E-state index in [0.29, 0.717) is 6.54 Å². The van der Waals surface area contributed by atoms with Crippen LogP contribution in [0.5, 0.6) is 0 Å². The Balaban J connectivity index is 2.35. The van der Waals surface area contributed by atoms with Gasteiger partial charge in [0.25, 0.3) is 5.69 Å². The zero-order chi connectivity index (χ0) is 12.0. The summed E-state index contributed by atoms with van der Waals surface area (Å²) in [5.74, 6) is 0. The highest BCUT2D eigenvalue weighted by molar-refractivity contribution is 5.32. The molecule has 16 heavy (non-hydrogen) atoms. The number of hydrogen-bond donors (Lipinski definition) is 2. The molecular weight excluding hydrogens is 208 g/mol. The summed E-state index contributed by atoms with van der Waals surface area (Å²) in [5.41, 5.74) is 1.16. The van der Waals surface area contributed by atoms with Crippen LogP contribution in [0.4, 0.5) is 5.69 Å². The summed E-state index contributed by atoms with van der Waals surface area (Å²) in [6.07, 6.45) is 0.446. The third-order valence-corrected chi connectivity index (χ3v) is 2.18. The molecule has 0 aliphatic carbocycles. The Morgan fingerprint density at radius 2 is 2.06 bits per heavy atom. The van der Waals surface area contributed by atoms with Crippen LogP contribution in [0.1, 0.15) is 12.5 Å². The first kappa shape index (κ1) is 12.6. The summed E-state index contributed by atoms with van der Waals surface area (Å²) >= 11 is 0. The van der Waals surface area contributed by atoms with E-state index in [2.05, 4.69) is 5.32 Å². The van der Waals surface area contributed by atoms with E-state index in [0.717, 1.165) is 18.5 Å². The first-order valence-corrected chi connectivity index (χ1v) is 5.21. The molecule has 1 aromatic carbocycles. The van der Waals surface area contributed by atoms with Gasteiger partial charge in [0.1, 0.15) is 0 Å². The first-order valence-electron chi connectivity index (χ1n) is 5.21. The maximum atomic E-state index is 10.4. The Hall–Kier alpha value is -1.46. The molecule has 5 nitrogen and oxygen atoms in total. The normalized spacial score (nSPS) is 12.4. The third-order valence-electron chi connectivity index (χ3n) is 2.18. The standard InChI is InChI=1S/C11H16N2O3/c1-9(14)8-12-7-6-10-2-4-11(5-3-10)13(15)16/h2-5,9,12,14H,6-8H2,1H3/t9-/m1/s1. The minimum absolute atomic E-state index is 0.112. The summed E-state index contributed by atoms with van der Waals surface area (Å²) in [6, 6.07) is 6.51. The average Bonchev–Trinajstić information content (AvgIpc) is 2.25. The number of benzene rings is 1. The monoisotopic (exact) mass is 224 g/mol. The molecule has 0 aliphatic rings. The van der Waals surface area contributed by atoms with Gasteiger partial charge in [-0.15, -0.1) is 0 Å². The van der Waals surface area contributed by atoms with Crippen molar-refractivity contribution in [3.05, 3.63) is 39.9 Å². The van der Waals surface area contributed by atoms with Crippen molar-refractivity contribution in [3.63, 3.8) is 0 Å². The number of hydrogen-bond acceptors (Lipinski definition) is 4. The lowest BCUT2D eigenvalue weighted by Crippen LogP contribution is -2.26. The highest BCUT2D eigenvalue weighted by Gasteiger charge is 2.03. The van der Waals surface area contributed by atoms with E-state index in [4.69, 9.17) is 5.11 Å². The number of aliphatic hydroxyl groups is 1. The van der Waals surface area contributed by atoms with Gasteiger partial charge in [0.2, 0.25) is 0 Å². The van der Waals surface area contributed by atoms with Gasteiger partial charge in [0, 0.05) is 18.7 Å². The second kappa shape index (κ2) is 6.19. The Morgan fingerprint density at radius 1 is 1.44 bits per heavy atom. The van der Waals surface area contributed by atoms with Crippen LogP contribution in [0.3, 0.4) is 0 Å². The van der Waals surface area contributed by atoms with Crippen LogP contribution >= 0.6 is 0 Å². The fourth-order valence-electron chi connectivity index (χ4n) is 1.33. The number of rotatable bonds is 6. The maximum Gasteiger partial charge on any atom is 0.269 e. The summed E-state index contributed by atoms with van der Waals surface area (Å²) in [4.78, 5) is 10.0. The summed E-state index contributed by atoms with van der Waals surface area (Å²) in [6.45, 7) is 3.04. The van der Waals surface area contributed by atoms with Crippen LogP contribution in [0, 0.1) is 10.1 Å². The van der Waals surface area contributed by atoms with E-state index in [-0.39, 0.29) is 11.8 Å². The molecule has 5 heteroatoms. The molecule has 0 saturated heterocycles. The second-order valence-electron chi connectivity index (χ2n) is 3.73. The molecular formula is C11H16N2O3. The summed E-state index contributed by atoms with van der Waals surface area (Å²) in [5, 5.41) is 22.5. The van der Waals surface area contributed by atoms with Gasteiger partial charge in [-0.1, -0.05) is 12.1 Å². The zero-order valence-corrected chi connectivity index (χ0v) is 9.22. The Kier molecular flexibility index (Phi) is 4.88. The molecule has 0 unspecified atom stereocenters. The third kappa shape index (κ3) is 4.37. The van der Waals surface area contributed by atoms with Crippen LogP contribution in [-0.2, 0) is 6.42 Å². The average molecular weight is 224 g/mol. The molecule has 1 aromatic rings. The van der Waals surface area contributed by atoms with E-state index in [1.54, 1.807) is 19.1 Å². The molecule has 0 radical (unpaired) electrons. The van der Waals surface area contributed by atoms with Crippen LogP contribution in [-0.4, -0.2) is 29.2 Å². The van der Waals surface area contributed by atoms with E-state index < -0.39 is 4.92 Å². The van der Waals surface area contributed by atoms with Crippen LogP contribution < -0.4 is 5.32 Å². The van der Waals surface area contributed by atoms with E-state index in [9.17, 15) is 10.1 Å². The molecule has 88 valence electrons. The Bertz CT molecular complexity index is 336. The maximum absolute atomic E-state index is 10.4. The summed E-state index contributed by atoms with van der Waals surface area (Å²) < 4.78 is 0. The quantitative estimate of drug-likeness (QED) is 0.431. The van der Waals surface area contributed by atoms with Gasteiger partial charge in [-0.05, 0) is 25.5 Å². The van der Waals surface area contributed by atoms with Gasteiger partial charge < -0.3 is 10.4 Å². The number of nitro groups is 1. The first-order chi connectivity index (χ1) is 7.59. The van der Waals surface area contributed by atoms with Crippen molar-refractivity contribution in [2.24, 2.45) is 0 Å². The van der Waals surface area contributed by atoms with Gasteiger partial charge >= 0.3 is 0 Å². The molecule has 0 spiro atoms. The highest BCUT2D eigenvalue weighted by Crippen LogP contribution is 2.11. The highest BCUT2D eigenvalue weighted by atomic mass is 16.6. The van der Waals surface area contributed by atoms with Crippen LogP contribution in [0.15, 0.2) is 24.3 Å². The topological polar surface area (TPSA) is 75.4 Å². The lowest BCUT2D eigenvalue weighted by Gasteiger charge is -2.06. The summed E-state index contributed by atoms with van der Waals surface area (Å²) in [7, 11) is 0. The fourth-order valence-corrected chi connectivity index (χ4v) is 1.33. The predicted molar refractivity (Wildman–Crippen MR) is 61.4 cm³/mol. The Morgan fingerprint density at radius 3 is 2.56 bits per heavy atom. The van der Waals surface area contributed by atoms with Crippen molar-refractivity contribution in [2.75, 3.05) is 13.1 Å². The molecule has 1 atom stereocenters. The number of nitrogens with one attached hydrogen (secondary N) is 1. The molecule has 2 N–H and O–H groups in total. The molecule has 0 fully saturated rings. The van der Waals surface area contributed by atoms with Gasteiger partial charge in [0.05, 0.1) is 11.0 Å². The number of nitro benzene ring substituents is 1. The van der Waals surface area contributed by atoms with E-state index in [1.165, 1.54) is 12.1 Å². The fraction of sp³-hybridized carbons (Fsp3) is 0.455. The minimum atomic E-state index is -0.407. The van der Waals surface area contributed by atoms with Crippen LogP contribution in [0.25, 0.3) is 0 Å². The van der Waals surface area contributed by atoms with E-state index in [1.807, 2.05) is 0 Å². The van der Waals surface area contributed by atoms with Crippen molar-refractivity contribution >= 4 is 5.69 Å². The minimum Gasteiger partial charge on any atom is -0.392 e. The zero-order valence-electron chi connectivity index (χ0n) is 9.22. The van der Waals surface area contributed by atoms with Crippen molar-refractivity contribution in [3.8, 4) is 0 Å². The van der Waals surface area contributed by atoms with Gasteiger partial charge in [-0.25, -0.2) is 0 Å². The van der Waals surface area contributed by atoms with E-state index >= 15 is 0 Å². The number of aliphatic hydroxyl groups excluding tert-OH is 1. The molecule has 1 rings (SSSR count). The SMILES string of the molecule is C[C@@H](O)CNCCc1ccc([N+](=O)[O-])cc1. The van der Waals surface area contributed by atoms with Crippen molar-refractivity contribution < 1.29 is 10.0 Å². The van der Waals surface area contributed by atoms with Gasteiger partial charge in [-0.3, -0.25) is 10.1 Å². The van der Waals surface area contributed by atoms with Gasteiger partial charge in [0.15, 0.2) is 0 Å². The lowest BCUT2D eigenvalue weighted by atomic mass is 10.1. The molecule has 0 heterocycles.